The van der Waals surface area contributed by atoms with Gasteiger partial charge in [-0.25, -0.2) is 0 Å². The van der Waals surface area contributed by atoms with Crippen LogP contribution in [0.2, 0.25) is 0 Å². The Balaban J connectivity index is 1.74. The van der Waals surface area contributed by atoms with Gasteiger partial charge in [-0.15, -0.1) is 0 Å². The second kappa shape index (κ2) is 7.49. The Hall–Kier alpha value is -2.33. The van der Waals surface area contributed by atoms with E-state index in [1.165, 1.54) is 0 Å². The third-order valence-corrected chi connectivity index (χ3v) is 4.63. The number of nitrogens with one attached hydrogen (secondary N) is 1. The summed E-state index contributed by atoms with van der Waals surface area (Å²) in [5.74, 6) is -0.0605. The van der Waals surface area contributed by atoms with Gasteiger partial charge in [-0.05, 0) is 37.7 Å². The van der Waals surface area contributed by atoms with Gasteiger partial charge in [0.15, 0.2) is 0 Å². The van der Waals surface area contributed by atoms with Crippen molar-refractivity contribution in [1.29, 1.82) is 0 Å². The molecule has 1 aliphatic heterocycles. The molecule has 126 valence electrons. The summed E-state index contributed by atoms with van der Waals surface area (Å²) in [6.45, 7) is 9.43. The highest BCUT2D eigenvalue weighted by molar-refractivity contribution is 6.06. The predicted molar refractivity (Wildman–Crippen MR) is 99.9 cm³/mol. The molecule has 1 fully saturated rings. The highest BCUT2D eigenvalue weighted by Crippen LogP contribution is 2.27. The highest BCUT2D eigenvalue weighted by atomic mass is 16.1. The van der Waals surface area contributed by atoms with E-state index in [0.29, 0.717) is 5.56 Å². The molecule has 0 bridgehead atoms. The fourth-order valence-electron chi connectivity index (χ4n) is 3.06. The Morgan fingerprint density at radius 3 is 2.33 bits per heavy atom. The van der Waals surface area contributed by atoms with Crippen LogP contribution in [0.25, 0.3) is 0 Å². The molecule has 1 amide bonds. The molecule has 3 rings (SSSR count). The van der Waals surface area contributed by atoms with E-state index in [2.05, 4.69) is 28.1 Å². The van der Waals surface area contributed by atoms with Crippen LogP contribution >= 0.6 is 0 Å². The van der Waals surface area contributed by atoms with Gasteiger partial charge in [0.1, 0.15) is 0 Å². The van der Waals surface area contributed by atoms with Crippen LogP contribution < -0.4 is 10.2 Å². The van der Waals surface area contributed by atoms with Gasteiger partial charge >= 0.3 is 0 Å². The predicted octanol–water partition coefficient (Wildman–Crippen LogP) is 3.39. The SMILES string of the molecule is CCN1CCN(c2ccccc2NC(=O)c2ccc(C)cc2)CC1. The summed E-state index contributed by atoms with van der Waals surface area (Å²) in [5, 5.41) is 3.07. The highest BCUT2D eigenvalue weighted by Gasteiger charge is 2.19. The van der Waals surface area contributed by atoms with Crippen LogP contribution in [0.15, 0.2) is 48.5 Å². The lowest BCUT2D eigenvalue weighted by Crippen LogP contribution is -2.46. The zero-order valence-electron chi connectivity index (χ0n) is 14.5. The number of aryl methyl sites for hydroxylation is 1. The Morgan fingerprint density at radius 1 is 1.00 bits per heavy atom. The minimum absolute atomic E-state index is 0.0605. The van der Waals surface area contributed by atoms with E-state index in [0.717, 1.165) is 49.7 Å². The number of hydrogen-bond acceptors (Lipinski definition) is 3. The van der Waals surface area contributed by atoms with Crippen molar-refractivity contribution in [3.8, 4) is 0 Å². The second-order valence-corrected chi connectivity index (χ2v) is 6.26. The topological polar surface area (TPSA) is 35.6 Å². The first-order valence-corrected chi connectivity index (χ1v) is 8.61. The van der Waals surface area contributed by atoms with Crippen LogP contribution in [0.1, 0.15) is 22.8 Å². The van der Waals surface area contributed by atoms with Gasteiger partial charge in [0.05, 0.1) is 11.4 Å². The molecule has 0 atom stereocenters. The van der Waals surface area contributed by atoms with Gasteiger partial charge in [0, 0.05) is 31.7 Å². The van der Waals surface area contributed by atoms with Gasteiger partial charge in [-0.3, -0.25) is 4.79 Å². The fourth-order valence-corrected chi connectivity index (χ4v) is 3.06. The molecule has 0 radical (unpaired) electrons. The van der Waals surface area contributed by atoms with Gasteiger partial charge in [0.25, 0.3) is 5.91 Å². The first-order valence-electron chi connectivity index (χ1n) is 8.61. The molecule has 0 unspecified atom stereocenters. The van der Waals surface area contributed by atoms with E-state index in [-0.39, 0.29) is 5.91 Å². The zero-order chi connectivity index (χ0) is 16.9. The Kier molecular flexibility index (Phi) is 5.16. The van der Waals surface area contributed by atoms with Crippen LogP contribution in [0.5, 0.6) is 0 Å². The number of anilines is 2. The van der Waals surface area contributed by atoms with E-state index >= 15 is 0 Å². The van der Waals surface area contributed by atoms with Crippen molar-refractivity contribution in [3.63, 3.8) is 0 Å². The molecule has 2 aromatic rings. The minimum Gasteiger partial charge on any atom is -0.367 e. The number of para-hydroxylation sites is 2. The number of amides is 1. The Bertz CT molecular complexity index is 688. The van der Waals surface area contributed by atoms with E-state index < -0.39 is 0 Å². The summed E-state index contributed by atoms with van der Waals surface area (Å²) in [4.78, 5) is 17.3. The summed E-state index contributed by atoms with van der Waals surface area (Å²) in [7, 11) is 0. The molecular weight excluding hydrogens is 298 g/mol. The van der Waals surface area contributed by atoms with E-state index in [9.17, 15) is 4.79 Å². The van der Waals surface area contributed by atoms with Crippen molar-refractivity contribution in [3.05, 3.63) is 59.7 Å². The van der Waals surface area contributed by atoms with Crippen LogP contribution in [0, 0.1) is 6.92 Å². The van der Waals surface area contributed by atoms with Gasteiger partial charge in [-0.1, -0.05) is 36.8 Å². The molecule has 1 heterocycles. The third-order valence-electron chi connectivity index (χ3n) is 4.63. The van der Waals surface area contributed by atoms with E-state index in [1.54, 1.807) is 0 Å². The van der Waals surface area contributed by atoms with Crippen LogP contribution in [-0.4, -0.2) is 43.5 Å². The second-order valence-electron chi connectivity index (χ2n) is 6.26. The minimum atomic E-state index is -0.0605. The molecule has 1 N–H and O–H groups in total. The number of rotatable bonds is 4. The number of carbonyl (C=O) groups excluding carboxylic acids is 1. The molecule has 1 aliphatic rings. The third kappa shape index (κ3) is 3.77. The van der Waals surface area contributed by atoms with Crippen molar-refractivity contribution in [2.75, 3.05) is 42.9 Å². The summed E-state index contributed by atoms with van der Waals surface area (Å²) in [5.41, 5.74) is 3.83. The molecule has 0 spiro atoms. The normalized spacial score (nSPS) is 15.3. The Labute approximate surface area is 144 Å². The van der Waals surface area contributed by atoms with E-state index in [1.807, 2.05) is 49.4 Å². The van der Waals surface area contributed by atoms with Crippen molar-refractivity contribution < 1.29 is 4.79 Å². The van der Waals surface area contributed by atoms with Gasteiger partial charge in [0.2, 0.25) is 0 Å². The lowest BCUT2D eigenvalue weighted by molar-refractivity contribution is 0.102. The maximum atomic E-state index is 12.5. The van der Waals surface area contributed by atoms with E-state index in [4.69, 9.17) is 0 Å². The summed E-state index contributed by atoms with van der Waals surface area (Å²) < 4.78 is 0. The van der Waals surface area contributed by atoms with Gasteiger partial charge in [-0.2, -0.15) is 0 Å². The van der Waals surface area contributed by atoms with Crippen molar-refractivity contribution in [1.82, 2.24) is 4.90 Å². The molecule has 24 heavy (non-hydrogen) atoms. The van der Waals surface area contributed by atoms with Crippen LogP contribution in [0.4, 0.5) is 11.4 Å². The standard InChI is InChI=1S/C20H25N3O/c1-3-22-12-14-23(15-13-22)19-7-5-4-6-18(19)21-20(24)17-10-8-16(2)9-11-17/h4-11H,3,12-15H2,1-2H3,(H,21,24). The number of benzene rings is 2. The number of likely N-dealkylation sites (N-methyl/N-ethyl adjacent to an activating group) is 1. The molecule has 0 aromatic heterocycles. The first kappa shape index (κ1) is 16.5. The molecule has 0 saturated carbocycles. The zero-order valence-corrected chi connectivity index (χ0v) is 14.5. The lowest BCUT2D eigenvalue weighted by atomic mass is 10.1. The maximum absolute atomic E-state index is 12.5. The monoisotopic (exact) mass is 323 g/mol. The first-order chi connectivity index (χ1) is 11.7. The summed E-state index contributed by atoms with van der Waals surface area (Å²) in [6.07, 6.45) is 0. The maximum Gasteiger partial charge on any atom is 0.255 e. The average Bonchev–Trinajstić information content (AvgIpc) is 2.63. The Morgan fingerprint density at radius 2 is 1.67 bits per heavy atom. The van der Waals surface area contributed by atoms with Crippen molar-refractivity contribution in [2.24, 2.45) is 0 Å². The fraction of sp³-hybridized carbons (Fsp3) is 0.350. The van der Waals surface area contributed by atoms with Gasteiger partial charge < -0.3 is 15.1 Å². The smallest absolute Gasteiger partial charge is 0.255 e. The lowest BCUT2D eigenvalue weighted by Gasteiger charge is -2.36. The molecule has 0 aliphatic carbocycles. The largest absolute Gasteiger partial charge is 0.367 e. The van der Waals surface area contributed by atoms with Crippen molar-refractivity contribution >= 4 is 17.3 Å². The number of piperazine rings is 1. The molecule has 4 nitrogen and oxygen atoms in total. The van der Waals surface area contributed by atoms with Crippen LogP contribution in [-0.2, 0) is 0 Å². The quantitative estimate of drug-likeness (QED) is 0.937. The number of nitrogens with zero attached hydrogens (tertiary/aromatic N) is 2. The summed E-state index contributed by atoms with van der Waals surface area (Å²) in [6, 6.07) is 15.7. The average molecular weight is 323 g/mol. The molecular formula is C20H25N3O. The molecule has 4 heteroatoms. The molecule has 1 saturated heterocycles. The van der Waals surface area contributed by atoms with Crippen molar-refractivity contribution in [2.45, 2.75) is 13.8 Å². The molecule has 2 aromatic carbocycles. The van der Waals surface area contributed by atoms with Crippen LogP contribution in [0.3, 0.4) is 0 Å². The number of carbonyl (C=O) groups is 1. The number of hydrogen-bond donors (Lipinski definition) is 1. The summed E-state index contributed by atoms with van der Waals surface area (Å²) >= 11 is 0.